The summed E-state index contributed by atoms with van der Waals surface area (Å²) in [5.74, 6) is -0.743. The lowest BCUT2D eigenvalue weighted by molar-refractivity contribution is -0.122. The number of nitrogens with one attached hydrogen (secondary N) is 1. The molecule has 4 heteroatoms. The van der Waals surface area contributed by atoms with Crippen molar-refractivity contribution in [3.63, 3.8) is 0 Å². The van der Waals surface area contributed by atoms with E-state index >= 15 is 0 Å². The van der Waals surface area contributed by atoms with Gasteiger partial charge in [-0.1, -0.05) is 72.8 Å². The van der Waals surface area contributed by atoms with Crippen molar-refractivity contribution < 1.29 is 9.18 Å². The van der Waals surface area contributed by atoms with E-state index in [1.165, 1.54) is 12.1 Å². The molecule has 0 bridgehead atoms. The molecule has 1 amide bonds. The maximum atomic E-state index is 13.4. The summed E-state index contributed by atoms with van der Waals surface area (Å²) in [6, 6.07) is 25.8. The zero-order chi connectivity index (χ0) is 20.6. The van der Waals surface area contributed by atoms with Gasteiger partial charge in [-0.3, -0.25) is 4.79 Å². The molecule has 0 aliphatic rings. The van der Waals surface area contributed by atoms with Crippen LogP contribution in [0.5, 0.6) is 0 Å². The van der Waals surface area contributed by atoms with Crippen molar-refractivity contribution in [2.45, 2.75) is 18.4 Å². The van der Waals surface area contributed by atoms with Gasteiger partial charge >= 0.3 is 0 Å². The van der Waals surface area contributed by atoms with Crippen LogP contribution in [-0.2, 0) is 4.79 Å². The molecule has 3 aromatic carbocycles. The summed E-state index contributed by atoms with van der Waals surface area (Å²) in [5, 5.41) is 3.22. The summed E-state index contributed by atoms with van der Waals surface area (Å²) in [6.07, 6.45) is 0.737. The zero-order valence-corrected chi connectivity index (χ0v) is 16.9. The Morgan fingerprint density at radius 3 is 1.83 bits per heavy atom. The van der Waals surface area contributed by atoms with Crippen molar-refractivity contribution in [1.82, 2.24) is 10.2 Å². The number of amides is 1. The number of benzene rings is 3. The molecular formula is C25H27FN2O. The minimum Gasteiger partial charge on any atom is -0.348 e. The Morgan fingerprint density at radius 1 is 0.828 bits per heavy atom. The van der Waals surface area contributed by atoms with Crippen molar-refractivity contribution in [3.05, 3.63) is 107 Å². The molecule has 0 aliphatic heterocycles. The summed E-state index contributed by atoms with van der Waals surface area (Å²) in [4.78, 5) is 15.5. The summed E-state index contributed by atoms with van der Waals surface area (Å²) in [5.41, 5.74) is 2.80. The number of hydrogen-bond acceptors (Lipinski definition) is 2. The Labute approximate surface area is 172 Å². The highest BCUT2D eigenvalue weighted by Crippen LogP contribution is 2.27. The fourth-order valence-corrected chi connectivity index (χ4v) is 3.45. The van der Waals surface area contributed by atoms with Gasteiger partial charge in [0.15, 0.2) is 0 Å². The van der Waals surface area contributed by atoms with Crippen LogP contribution in [0.3, 0.4) is 0 Å². The van der Waals surface area contributed by atoms with E-state index in [-0.39, 0.29) is 17.8 Å². The Kier molecular flexibility index (Phi) is 7.14. The summed E-state index contributed by atoms with van der Waals surface area (Å²) < 4.78 is 13.4. The average molecular weight is 391 g/mol. The van der Waals surface area contributed by atoms with E-state index in [0.717, 1.165) is 29.7 Å². The number of rotatable bonds is 8. The Hall–Kier alpha value is -2.98. The van der Waals surface area contributed by atoms with Gasteiger partial charge in [0.2, 0.25) is 5.91 Å². The third-order valence-electron chi connectivity index (χ3n) is 4.98. The molecule has 0 spiro atoms. The smallest absolute Gasteiger partial charge is 0.232 e. The molecule has 3 aromatic rings. The van der Waals surface area contributed by atoms with Crippen LogP contribution in [-0.4, -0.2) is 31.4 Å². The minimum absolute atomic E-state index is 0.0597. The highest BCUT2D eigenvalue weighted by molar-refractivity contribution is 5.87. The molecule has 0 fully saturated rings. The number of carbonyl (C=O) groups excluding carboxylic acids is 1. The molecule has 29 heavy (non-hydrogen) atoms. The highest BCUT2D eigenvalue weighted by Gasteiger charge is 2.25. The van der Waals surface area contributed by atoms with Gasteiger partial charge in [0.25, 0.3) is 0 Å². The van der Waals surface area contributed by atoms with Crippen molar-refractivity contribution in [3.8, 4) is 0 Å². The first-order chi connectivity index (χ1) is 14.0. The quantitative estimate of drug-likeness (QED) is 0.601. The van der Waals surface area contributed by atoms with Gasteiger partial charge < -0.3 is 10.2 Å². The van der Waals surface area contributed by atoms with Gasteiger partial charge in [0, 0.05) is 0 Å². The standard InChI is InChI=1S/C25H27FN2O/c1-28(2)18-17-23(19-13-15-22(26)16-14-19)27-25(29)24(20-9-5-3-6-10-20)21-11-7-4-8-12-21/h3-16,23-24H,17-18H2,1-2H3,(H,27,29). The molecule has 0 heterocycles. The highest BCUT2D eigenvalue weighted by atomic mass is 19.1. The van der Waals surface area contributed by atoms with Gasteiger partial charge in [0.05, 0.1) is 12.0 Å². The second-order valence-corrected chi connectivity index (χ2v) is 7.46. The second kappa shape index (κ2) is 9.99. The second-order valence-electron chi connectivity index (χ2n) is 7.46. The number of hydrogen-bond donors (Lipinski definition) is 1. The van der Waals surface area contributed by atoms with Crippen LogP contribution in [0.2, 0.25) is 0 Å². The molecule has 1 unspecified atom stereocenters. The van der Waals surface area contributed by atoms with Crippen LogP contribution in [0.4, 0.5) is 4.39 Å². The van der Waals surface area contributed by atoms with Gasteiger partial charge in [-0.2, -0.15) is 0 Å². The molecule has 1 atom stereocenters. The normalized spacial score (nSPS) is 12.2. The first-order valence-corrected chi connectivity index (χ1v) is 9.85. The third-order valence-corrected chi connectivity index (χ3v) is 4.98. The first kappa shape index (κ1) is 20.7. The molecule has 0 saturated heterocycles. The molecule has 1 N–H and O–H groups in total. The monoisotopic (exact) mass is 390 g/mol. The van der Waals surface area contributed by atoms with E-state index in [0.29, 0.717) is 0 Å². The summed E-state index contributed by atoms with van der Waals surface area (Å²) >= 11 is 0. The van der Waals surface area contributed by atoms with Crippen LogP contribution in [0, 0.1) is 5.82 Å². The predicted molar refractivity (Wildman–Crippen MR) is 115 cm³/mol. The Balaban J connectivity index is 1.89. The van der Waals surface area contributed by atoms with E-state index in [9.17, 15) is 9.18 Å². The van der Waals surface area contributed by atoms with E-state index in [4.69, 9.17) is 0 Å². The fourth-order valence-electron chi connectivity index (χ4n) is 3.45. The van der Waals surface area contributed by atoms with Crippen molar-refractivity contribution in [2.24, 2.45) is 0 Å². The third kappa shape index (κ3) is 5.75. The molecule has 0 saturated carbocycles. The maximum Gasteiger partial charge on any atom is 0.232 e. The largest absolute Gasteiger partial charge is 0.348 e. The molecule has 0 aliphatic carbocycles. The maximum absolute atomic E-state index is 13.4. The molecule has 0 radical (unpaired) electrons. The topological polar surface area (TPSA) is 32.3 Å². The SMILES string of the molecule is CN(C)CCC(NC(=O)C(c1ccccc1)c1ccccc1)c1ccc(F)cc1. The number of carbonyl (C=O) groups is 1. The van der Waals surface area contributed by atoms with Crippen molar-refractivity contribution in [1.29, 1.82) is 0 Å². The lowest BCUT2D eigenvalue weighted by Crippen LogP contribution is -2.35. The van der Waals surface area contributed by atoms with Crippen LogP contribution in [0.15, 0.2) is 84.9 Å². The van der Waals surface area contributed by atoms with E-state index in [2.05, 4.69) is 10.2 Å². The fraction of sp³-hybridized carbons (Fsp3) is 0.240. The average Bonchev–Trinajstić information content (AvgIpc) is 2.73. The van der Waals surface area contributed by atoms with E-state index in [1.54, 1.807) is 12.1 Å². The van der Waals surface area contributed by atoms with E-state index < -0.39 is 5.92 Å². The van der Waals surface area contributed by atoms with Crippen LogP contribution >= 0.6 is 0 Å². The van der Waals surface area contributed by atoms with Crippen molar-refractivity contribution >= 4 is 5.91 Å². The predicted octanol–water partition coefficient (Wildman–Crippen LogP) is 4.77. The summed E-state index contributed by atoms with van der Waals surface area (Å²) in [6.45, 7) is 0.809. The van der Waals surface area contributed by atoms with Gasteiger partial charge in [-0.15, -0.1) is 0 Å². The van der Waals surface area contributed by atoms with Crippen LogP contribution in [0.25, 0.3) is 0 Å². The van der Waals surface area contributed by atoms with Crippen molar-refractivity contribution in [2.75, 3.05) is 20.6 Å². The lowest BCUT2D eigenvalue weighted by atomic mass is 9.90. The number of nitrogens with zero attached hydrogens (tertiary/aromatic N) is 1. The molecule has 3 nitrogen and oxygen atoms in total. The van der Waals surface area contributed by atoms with Gasteiger partial charge in [-0.25, -0.2) is 4.39 Å². The van der Waals surface area contributed by atoms with Crippen LogP contribution < -0.4 is 5.32 Å². The molecule has 150 valence electrons. The molecule has 0 aromatic heterocycles. The first-order valence-electron chi connectivity index (χ1n) is 9.85. The summed E-state index contributed by atoms with van der Waals surface area (Å²) in [7, 11) is 4.00. The lowest BCUT2D eigenvalue weighted by Gasteiger charge is -2.25. The molecule has 3 rings (SSSR count). The molecular weight excluding hydrogens is 363 g/mol. The zero-order valence-electron chi connectivity index (χ0n) is 16.9. The Bertz CT molecular complexity index is 856. The van der Waals surface area contributed by atoms with E-state index in [1.807, 2.05) is 74.8 Å². The van der Waals surface area contributed by atoms with Crippen LogP contribution in [0.1, 0.15) is 35.1 Å². The Morgan fingerprint density at radius 2 is 1.34 bits per heavy atom. The van der Waals surface area contributed by atoms with Gasteiger partial charge in [0.1, 0.15) is 5.82 Å². The number of halogens is 1. The minimum atomic E-state index is -0.403. The van der Waals surface area contributed by atoms with Gasteiger partial charge in [-0.05, 0) is 55.9 Å².